The molecule has 2 saturated carbocycles. The van der Waals surface area contributed by atoms with Gasteiger partial charge in [0.25, 0.3) is 0 Å². The molecule has 178 valence electrons. The summed E-state index contributed by atoms with van der Waals surface area (Å²) in [7, 11) is 0. The van der Waals surface area contributed by atoms with Crippen LogP contribution in [0, 0.1) is 23.7 Å². The van der Waals surface area contributed by atoms with Gasteiger partial charge in [0.15, 0.2) is 5.96 Å². The third-order valence-electron chi connectivity index (χ3n) is 6.43. The van der Waals surface area contributed by atoms with Crippen LogP contribution >= 0.6 is 0 Å². The molecule has 0 spiro atoms. The summed E-state index contributed by atoms with van der Waals surface area (Å²) in [6, 6.07) is -0.106. The monoisotopic (exact) mass is 453 g/mol. The molecule has 1 amide bonds. The fourth-order valence-corrected chi connectivity index (χ4v) is 4.58. The van der Waals surface area contributed by atoms with Crippen LogP contribution in [0.15, 0.2) is 4.99 Å². The Hall–Kier alpha value is -1.49. The summed E-state index contributed by atoms with van der Waals surface area (Å²) in [5.74, 6) is -2.48. The van der Waals surface area contributed by atoms with Crippen molar-refractivity contribution in [3.63, 3.8) is 0 Å². The van der Waals surface area contributed by atoms with Gasteiger partial charge >= 0.3 is 6.18 Å². The molecule has 1 heterocycles. The van der Waals surface area contributed by atoms with Crippen molar-refractivity contribution in [3.05, 3.63) is 0 Å². The molecule has 0 radical (unpaired) electrons. The van der Waals surface area contributed by atoms with E-state index >= 15 is 0 Å². The Balaban J connectivity index is 1.65. The van der Waals surface area contributed by atoms with Gasteiger partial charge < -0.3 is 5.32 Å². The average Bonchev–Trinajstić information content (AvgIpc) is 3.09. The molecule has 7 atom stereocenters. The quantitative estimate of drug-likeness (QED) is 0.300. The lowest BCUT2D eigenvalue weighted by Crippen LogP contribution is -2.54. The maximum Gasteiger partial charge on any atom is 0.391 e. The molecule has 2 aliphatic carbocycles. The highest BCUT2D eigenvalue weighted by Crippen LogP contribution is 2.41. The Labute approximate surface area is 179 Å². The Morgan fingerprint density at radius 2 is 1.81 bits per heavy atom. The van der Waals surface area contributed by atoms with Gasteiger partial charge in [0.1, 0.15) is 12.3 Å². The molecule has 1 saturated heterocycles. The van der Waals surface area contributed by atoms with Crippen LogP contribution in [0.2, 0.25) is 0 Å². The number of carbonyl (C=O) groups excluding carboxylic acids is 1. The number of hydrogen-bond donors (Lipinski definition) is 4. The Morgan fingerprint density at radius 3 is 2.45 bits per heavy atom. The van der Waals surface area contributed by atoms with Crippen LogP contribution in [0.3, 0.4) is 0 Å². The van der Waals surface area contributed by atoms with E-state index in [2.05, 4.69) is 26.5 Å². The lowest BCUT2D eigenvalue weighted by Gasteiger charge is -2.34. The van der Waals surface area contributed by atoms with Crippen LogP contribution in [0.5, 0.6) is 0 Å². The average molecular weight is 454 g/mol. The topological polar surface area (TPSA) is 77.5 Å². The van der Waals surface area contributed by atoms with E-state index in [0.717, 1.165) is 0 Å². The molecule has 3 rings (SSSR count). The highest BCUT2D eigenvalue weighted by atomic mass is 19.4. The summed E-state index contributed by atoms with van der Waals surface area (Å²) in [5, 5.41) is 5.70. The van der Waals surface area contributed by atoms with E-state index in [0.29, 0.717) is 13.0 Å². The second kappa shape index (κ2) is 9.97. The molecular weight excluding hydrogens is 421 g/mol. The number of fused-ring (bicyclic) bond motifs is 1. The molecule has 31 heavy (non-hydrogen) atoms. The fraction of sp³-hybridized carbons (Fsp3) is 0.900. The summed E-state index contributed by atoms with van der Waals surface area (Å²) < 4.78 is 66.8. The van der Waals surface area contributed by atoms with Gasteiger partial charge in [-0.1, -0.05) is 13.8 Å². The Morgan fingerprint density at radius 1 is 1.06 bits per heavy atom. The van der Waals surface area contributed by atoms with Gasteiger partial charge in [0, 0.05) is 24.4 Å². The highest BCUT2D eigenvalue weighted by Gasteiger charge is 2.49. The maximum atomic E-state index is 13.7. The third kappa shape index (κ3) is 6.27. The Bertz CT molecular complexity index is 658. The van der Waals surface area contributed by atoms with Gasteiger partial charge in [0.2, 0.25) is 5.91 Å². The van der Waals surface area contributed by atoms with E-state index in [-0.39, 0.29) is 55.9 Å². The van der Waals surface area contributed by atoms with Gasteiger partial charge in [-0.25, -0.2) is 14.2 Å². The molecule has 1 aliphatic heterocycles. The van der Waals surface area contributed by atoms with Gasteiger partial charge in [-0.3, -0.25) is 20.5 Å². The first-order chi connectivity index (χ1) is 14.5. The zero-order valence-electron chi connectivity index (χ0n) is 17.8. The van der Waals surface area contributed by atoms with E-state index in [9.17, 15) is 26.7 Å². The van der Waals surface area contributed by atoms with Crippen molar-refractivity contribution in [1.29, 1.82) is 0 Å². The van der Waals surface area contributed by atoms with Crippen LogP contribution in [-0.2, 0) is 4.79 Å². The lowest BCUT2D eigenvalue weighted by atomic mass is 9.77. The number of aliphatic imine (C=N–C) groups is 1. The summed E-state index contributed by atoms with van der Waals surface area (Å²) in [6.07, 6.45) is -7.50. The van der Waals surface area contributed by atoms with E-state index in [4.69, 9.17) is 0 Å². The van der Waals surface area contributed by atoms with Gasteiger partial charge in [-0.15, -0.1) is 0 Å². The minimum atomic E-state index is -4.24. The first kappa shape index (κ1) is 24.2. The maximum absolute atomic E-state index is 13.7. The largest absolute Gasteiger partial charge is 0.391 e. The standard InChI is InChI=1S/C20H32F5N5O/c1-10(2)9-26-19(28-18(31)11-3-5-14(21)15(22)7-11)27-17-13-8-12(20(23,24)25)4-6-16(13)29-30-17/h10-17,29-30H,3-9H2,1-2H3,(H2,26,27,28,31). The summed E-state index contributed by atoms with van der Waals surface area (Å²) in [6.45, 7) is 4.28. The summed E-state index contributed by atoms with van der Waals surface area (Å²) in [5.41, 5.74) is 6.02. The van der Waals surface area contributed by atoms with Crippen molar-refractivity contribution in [2.24, 2.45) is 28.7 Å². The molecule has 0 bridgehead atoms. The normalized spacial score (nSPS) is 36.9. The van der Waals surface area contributed by atoms with Crippen LogP contribution in [0.4, 0.5) is 22.0 Å². The zero-order chi connectivity index (χ0) is 22.8. The Kier molecular flexibility index (Phi) is 7.77. The fourth-order valence-electron chi connectivity index (χ4n) is 4.58. The van der Waals surface area contributed by atoms with Crippen molar-refractivity contribution >= 4 is 11.9 Å². The molecule has 11 heteroatoms. The zero-order valence-corrected chi connectivity index (χ0v) is 17.8. The second-order valence-corrected chi connectivity index (χ2v) is 9.35. The predicted octanol–water partition coefficient (Wildman–Crippen LogP) is 2.96. The van der Waals surface area contributed by atoms with Gasteiger partial charge in [-0.2, -0.15) is 13.2 Å². The number of hydrazine groups is 1. The molecule has 6 nitrogen and oxygen atoms in total. The van der Waals surface area contributed by atoms with E-state index in [1.807, 2.05) is 13.8 Å². The lowest BCUT2D eigenvalue weighted by molar-refractivity contribution is -0.186. The number of hydrogen-bond acceptors (Lipinski definition) is 4. The number of rotatable bonds is 4. The molecule has 3 aliphatic rings. The molecule has 0 aromatic rings. The number of amides is 1. The number of alkyl halides is 5. The first-order valence-corrected chi connectivity index (χ1v) is 11.0. The van der Waals surface area contributed by atoms with E-state index < -0.39 is 42.4 Å². The molecule has 7 unspecified atom stereocenters. The van der Waals surface area contributed by atoms with Crippen LogP contribution in [0.25, 0.3) is 0 Å². The molecule has 3 fully saturated rings. The van der Waals surface area contributed by atoms with Gasteiger partial charge in [0.05, 0.1) is 12.1 Å². The minimum absolute atomic E-state index is 0.0121. The number of nitrogens with one attached hydrogen (secondary N) is 4. The number of nitrogens with zero attached hydrogens (tertiary/aromatic N) is 1. The number of carbonyl (C=O) groups is 1. The number of guanidine groups is 1. The second-order valence-electron chi connectivity index (χ2n) is 9.35. The first-order valence-electron chi connectivity index (χ1n) is 11.0. The van der Waals surface area contributed by atoms with Crippen LogP contribution in [0.1, 0.15) is 52.4 Å². The van der Waals surface area contributed by atoms with Crippen molar-refractivity contribution in [3.8, 4) is 0 Å². The minimum Gasteiger partial charge on any atom is -0.339 e. The van der Waals surface area contributed by atoms with E-state index in [1.54, 1.807) is 0 Å². The summed E-state index contributed by atoms with van der Waals surface area (Å²) in [4.78, 5) is 17.0. The van der Waals surface area contributed by atoms with Crippen molar-refractivity contribution in [2.75, 3.05) is 6.54 Å². The van der Waals surface area contributed by atoms with Crippen LogP contribution < -0.4 is 21.5 Å². The third-order valence-corrected chi connectivity index (χ3v) is 6.43. The predicted molar refractivity (Wildman–Crippen MR) is 106 cm³/mol. The molecular formula is C20H32F5N5O. The van der Waals surface area contributed by atoms with Crippen molar-refractivity contribution in [1.82, 2.24) is 21.5 Å². The smallest absolute Gasteiger partial charge is 0.339 e. The summed E-state index contributed by atoms with van der Waals surface area (Å²) >= 11 is 0. The van der Waals surface area contributed by atoms with Crippen molar-refractivity contribution in [2.45, 2.75) is 83.1 Å². The number of halogens is 5. The van der Waals surface area contributed by atoms with Crippen molar-refractivity contribution < 1.29 is 26.7 Å². The van der Waals surface area contributed by atoms with Gasteiger partial charge in [-0.05, 0) is 44.4 Å². The molecule has 0 aromatic carbocycles. The SMILES string of the molecule is CC(C)CN=C(NC(=O)C1CCC(F)C(F)C1)NC1NNC2CCC(C(F)(F)F)CC21. The molecule has 0 aromatic heterocycles. The van der Waals surface area contributed by atoms with E-state index in [1.165, 1.54) is 0 Å². The molecule has 4 N–H and O–H groups in total. The van der Waals surface area contributed by atoms with Crippen LogP contribution in [-0.4, -0.2) is 49.1 Å². The highest BCUT2D eigenvalue weighted by molar-refractivity contribution is 5.98.